The van der Waals surface area contributed by atoms with Crippen molar-refractivity contribution in [2.45, 2.75) is 51.6 Å². The van der Waals surface area contributed by atoms with Crippen molar-refractivity contribution >= 4 is 18.4 Å². The summed E-state index contributed by atoms with van der Waals surface area (Å²) in [5.74, 6) is 1.48. The zero-order valence-corrected chi connectivity index (χ0v) is 15.4. The van der Waals surface area contributed by atoms with Crippen LogP contribution in [0, 0.1) is 0 Å². The summed E-state index contributed by atoms with van der Waals surface area (Å²) in [6, 6.07) is 12.0. The molecule has 1 aromatic carbocycles. The van der Waals surface area contributed by atoms with Crippen molar-refractivity contribution < 1.29 is 13.9 Å². The van der Waals surface area contributed by atoms with E-state index in [9.17, 15) is 4.79 Å². The molecular weight excluding hydrogens is 338 g/mol. The summed E-state index contributed by atoms with van der Waals surface area (Å²) >= 11 is 0. The van der Waals surface area contributed by atoms with E-state index < -0.39 is 0 Å². The molecule has 5 heteroatoms. The Balaban J connectivity index is 0.00000225. The minimum atomic E-state index is -0.291. The molecule has 0 spiro atoms. The van der Waals surface area contributed by atoms with Crippen molar-refractivity contribution in [2.75, 3.05) is 6.61 Å². The molecule has 0 atom stereocenters. The Bertz CT molecular complexity index is 660. The molecule has 0 radical (unpaired) electrons. The van der Waals surface area contributed by atoms with Crippen molar-refractivity contribution in [3.8, 4) is 11.3 Å². The fourth-order valence-corrected chi connectivity index (χ4v) is 3.16. The number of halogens is 1. The zero-order chi connectivity index (χ0) is 16.8. The highest BCUT2D eigenvalue weighted by Crippen LogP contribution is 2.23. The van der Waals surface area contributed by atoms with Gasteiger partial charge >= 0.3 is 5.97 Å². The molecule has 1 heterocycles. The van der Waals surface area contributed by atoms with E-state index in [4.69, 9.17) is 9.15 Å². The maximum atomic E-state index is 11.7. The van der Waals surface area contributed by atoms with Gasteiger partial charge in [0.15, 0.2) is 0 Å². The maximum Gasteiger partial charge on any atom is 0.338 e. The van der Waals surface area contributed by atoms with Crippen LogP contribution in [0.3, 0.4) is 0 Å². The summed E-state index contributed by atoms with van der Waals surface area (Å²) in [5.41, 5.74) is 1.53. The lowest BCUT2D eigenvalue weighted by atomic mass is 9.95. The number of hydrogen-bond donors (Lipinski definition) is 1. The van der Waals surface area contributed by atoms with Gasteiger partial charge in [-0.3, -0.25) is 0 Å². The number of furan rings is 1. The van der Waals surface area contributed by atoms with E-state index in [0.29, 0.717) is 18.2 Å². The van der Waals surface area contributed by atoms with Gasteiger partial charge in [0.05, 0.1) is 18.7 Å². The van der Waals surface area contributed by atoms with Crippen LogP contribution in [0.1, 0.15) is 55.1 Å². The second kappa shape index (κ2) is 9.64. The molecule has 2 aromatic rings. The minimum Gasteiger partial charge on any atom is -0.462 e. The first-order valence-corrected chi connectivity index (χ1v) is 8.86. The molecule has 3 rings (SSSR count). The van der Waals surface area contributed by atoms with Gasteiger partial charge in [0.2, 0.25) is 0 Å². The predicted molar refractivity (Wildman–Crippen MR) is 101 cm³/mol. The normalized spacial score (nSPS) is 14.8. The lowest BCUT2D eigenvalue weighted by Crippen LogP contribution is -2.30. The Labute approximate surface area is 155 Å². The van der Waals surface area contributed by atoms with Crippen LogP contribution in [-0.2, 0) is 11.3 Å². The molecule has 4 nitrogen and oxygen atoms in total. The molecule has 0 amide bonds. The first-order valence-electron chi connectivity index (χ1n) is 8.86. The Morgan fingerprint density at radius 3 is 2.52 bits per heavy atom. The third-order valence-electron chi connectivity index (χ3n) is 4.51. The Morgan fingerprint density at radius 2 is 1.84 bits per heavy atom. The third-order valence-corrected chi connectivity index (χ3v) is 4.51. The number of ether oxygens (including phenoxy) is 1. The Hall–Kier alpha value is -1.78. The molecule has 0 saturated heterocycles. The van der Waals surface area contributed by atoms with Crippen LogP contribution in [0.2, 0.25) is 0 Å². The fourth-order valence-electron chi connectivity index (χ4n) is 3.16. The molecule has 0 bridgehead atoms. The van der Waals surface area contributed by atoms with Crippen molar-refractivity contribution in [1.29, 1.82) is 0 Å². The summed E-state index contributed by atoms with van der Waals surface area (Å²) in [6.45, 7) is 2.96. The summed E-state index contributed by atoms with van der Waals surface area (Å²) in [5, 5.41) is 3.59. The molecule has 25 heavy (non-hydrogen) atoms. The number of nitrogens with one attached hydrogen (secondary N) is 1. The summed E-state index contributed by atoms with van der Waals surface area (Å²) in [7, 11) is 0. The first-order chi connectivity index (χ1) is 11.8. The standard InChI is InChI=1S/C20H25NO3.ClH/c1-2-23-20(22)16-10-8-15(9-11-16)19-13-12-18(24-19)14-21-17-6-4-3-5-7-17;/h8-13,17,21H,2-7,14H2,1H3;1H. The maximum absolute atomic E-state index is 11.7. The molecule has 0 unspecified atom stereocenters. The van der Waals surface area contributed by atoms with Gasteiger partial charge in [-0.05, 0) is 44.0 Å². The lowest BCUT2D eigenvalue weighted by Gasteiger charge is -2.22. The second-order valence-electron chi connectivity index (χ2n) is 6.28. The van der Waals surface area contributed by atoms with Gasteiger partial charge in [-0.1, -0.05) is 31.4 Å². The van der Waals surface area contributed by atoms with E-state index in [2.05, 4.69) is 5.32 Å². The van der Waals surface area contributed by atoms with Crippen LogP contribution < -0.4 is 5.32 Å². The fraction of sp³-hybridized carbons (Fsp3) is 0.450. The highest BCUT2D eigenvalue weighted by atomic mass is 35.5. The predicted octanol–water partition coefficient (Wildman–Crippen LogP) is 4.97. The van der Waals surface area contributed by atoms with Gasteiger partial charge in [0.25, 0.3) is 0 Å². The molecule has 0 aliphatic heterocycles. The van der Waals surface area contributed by atoms with Gasteiger partial charge in [0.1, 0.15) is 11.5 Å². The van der Waals surface area contributed by atoms with Gasteiger partial charge < -0.3 is 14.5 Å². The highest BCUT2D eigenvalue weighted by Gasteiger charge is 2.14. The number of carbonyl (C=O) groups excluding carboxylic acids is 1. The Kier molecular flexibility index (Phi) is 7.53. The quantitative estimate of drug-likeness (QED) is 0.736. The smallest absolute Gasteiger partial charge is 0.338 e. The second-order valence-corrected chi connectivity index (χ2v) is 6.28. The van der Waals surface area contributed by atoms with E-state index in [0.717, 1.165) is 23.6 Å². The molecule has 1 fully saturated rings. The zero-order valence-electron chi connectivity index (χ0n) is 14.6. The molecular formula is C20H26ClNO3. The summed E-state index contributed by atoms with van der Waals surface area (Å²) < 4.78 is 10.9. The van der Waals surface area contributed by atoms with Crippen LogP contribution in [0.15, 0.2) is 40.8 Å². The van der Waals surface area contributed by atoms with Crippen LogP contribution >= 0.6 is 12.4 Å². The summed E-state index contributed by atoms with van der Waals surface area (Å²) in [4.78, 5) is 11.7. The van der Waals surface area contributed by atoms with Gasteiger partial charge in [0, 0.05) is 11.6 Å². The number of rotatable bonds is 6. The van der Waals surface area contributed by atoms with Crippen LogP contribution in [0.5, 0.6) is 0 Å². The molecule has 136 valence electrons. The SMILES string of the molecule is CCOC(=O)c1ccc(-c2ccc(CNC3CCCCC3)o2)cc1.Cl. The van der Waals surface area contributed by atoms with Crippen LogP contribution in [-0.4, -0.2) is 18.6 Å². The number of benzene rings is 1. The molecule has 1 aromatic heterocycles. The number of hydrogen-bond acceptors (Lipinski definition) is 4. The highest BCUT2D eigenvalue weighted by molar-refractivity contribution is 5.89. The van der Waals surface area contributed by atoms with Crippen LogP contribution in [0.25, 0.3) is 11.3 Å². The first kappa shape index (κ1) is 19.5. The van der Waals surface area contributed by atoms with Gasteiger partial charge in [-0.25, -0.2) is 4.79 Å². The topological polar surface area (TPSA) is 51.5 Å². The van der Waals surface area contributed by atoms with Gasteiger partial charge in [-0.2, -0.15) is 0 Å². The molecule has 1 saturated carbocycles. The van der Waals surface area contributed by atoms with E-state index in [1.165, 1.54) is 32.1 Å². The van der Waals surface area contributed by atoms with Crippen molar-refractivity contribution in [3.05, 3.63) is 47.7 Å². The van der Waals surface area contributed by atoms with E-state index in [1.807, 2.05) is 24.3 Å². The molecule has 1 aliphatic rings. The monoisotopic (exact) mass is 363 g/mol. The number of carbonyl (C=O) groups is 1. The Morgan fingerprint density at radius 1 is 1.12 bits per heavy atom. The number of esters is 1. The van der Waals surface area contributed by atoms with E-state index >= 15 is 0 Å². The average Bonchev–Trinajstić information content (AvgIpc) is 3.10. The lowest BCUT2D eigenvalue weighted by molar-refractivity contribution is 0.0526. The van der Waals surface area contributed by atoms with Crippen LogP contribution in [0.4, 0.5) is 0 Å². The molecule has 1 N–H and O–H groups in total. The van der Waals surface area contributed by atoms with Crippen molar-refractivity contribution in [2.24, 2.45) is 0 Å². The van der Waals surface area contributed by atoms with Crippen molar-refractivity contribution in [3.63, 3.8) is 0 Å². The van der Waals surface area contributed by atoms with E-state index in [1.54, 1.807) is 19.1 Å². The van der Waals surface area contributed by atoms with Gasteiger partial charge in [-0.15, -0.1) is 12.4 Å². The average molecular weight is 364 g/mol. The third kappa shape index (κ3) is 5.35. The summed E-state index contributed by atoms with van der Waals surface area (Å²) in [6.07, 6.45) is 6.55. The molecule has 1 aliphatic carbocycles. The van der Waals surface area contributed by atoms with Crippen molar-refractivity contribution in [1.82, 2.24) is 5.32 Å². The van der Waals surface area contributed by atoms with E-state index in [-0.39, 0.29) is 18.4 Å². The largest absolute Gasteiger partial charge is 0.462 e. The minimum absolute atomic E-state index is 0.